The molecule has 0 aromatic carbocycles. The first-order chi connectivity index (χ1) is 9.56. The highest BCUT2D eigenvalue weighted by Gasteiger charge is 2.43. The number of carbonyl (C=O) groups excluding carboxylic acids is 2. The second-order valence-corrected chi connectivity index (χ2v) is 6.43. The lowest BCUT2D eigenvalue weighted by Gasteiger charge is -2.33. The third-order valence-corrected chi connectivity index (χ3v) is 5.13. The van der Waals surface area contributed by atoms with Crippen molar-refractivity contribution in [3.8, 4) is 0 Å². The molecule has 3 unspecified atom stereocenters. The van der Waals surface area contributed by atoms with Crippen LogP contribution in [-0.2, 0) is 9.59 Å². The number of likely N-dealkylation sites (N-methyl/N-ethyl adjacent to an activating group) is 1. The zero-order chi connectivity index (χ0) is 14.7. The Hall–Kier alpha value is -0.900. The lowest BCUT2D eigenvalue weighted by molar-refractivity contribution is -0.140. The van der Waals surface area contributed by atoms with Gasteiger partial charge in [-0.05, 0) is 25.3 Å². The number of hydrogen-bond acceptors (Lipinski definition) is 3. The van der Waals surface area contributed by atoms with E-state index in [9.17, 15) is 9.59 Å². The molecule has 114 valence electrons. The van der Waals surface area contributed by atoms with E-state index < -0.39 is 0 Å². The van der Waals surface area contributed by atoms with E-state index in [0.717, 1.165) is 6.54 Å². The summed E-state index contributed by atoms with van der Waals surface area (Å²) >= 11 is 0. The first-order valence-corrected chi connectivity index (χ1v) is 8.14. The zero-order valence-electron chi connectivity index (χ0n) is 13.0. The molecule has 2 fully saturated rings. The third-order valence-electron chi connectivity index (χ3n) is 5.13. The van der Waals surface area contributed by atoms with Gasteiger partial charge in [-0.25, -0.2) is 0 Å². The molecule has 2 aliphatic rings. The maximum absolute atomic E-state index is 12.2. The summed E-state index contributed by atoms with van der Waals surface area (Å²) in [5, 5.41) is 3.50. The second kappa shape index (κ2) is 6.70. The number of carbonyl (C=O) groups is 2. The monoisotopic (exact) mass is 280 g/mol. The molecule has 1 aliphatic heterocycles. The Morgan fingerprint density at radius 3 is 2.15 bits per heavy atom. The average molecular weight is 280 g/mol. The van der Waals surface area contributed by atoms with Gasteiger partial charge in [-0.1, -0.05) is 40.0 Å². The number of nitrogens with zero attached hydrogens (tertiary/aromatic N) is 1. The molecule has 0 aromatic rings. The minimum atomic E-state index is -0.156. The van der Waals surface area contributed by atoms with E-state index in [1.165, 1.54) is 37.0 Å². The van der Waals surface area contributed by atoms with Crippen molar-refractivity contribution in [1.29, 1.82) is 0 Å². The van der Waals surface area contributed by atoms with Gasteiger partial charge < -0.3 is 5.32 Å². The maximum Gasteiger partial charge on any atom is 0.232 e. The van der Waals surface area contributed by atoms with Crippen LogP contribution in [0.25, 0.3) is 0 Å². The smallest absolute Gasteiger partial charge is 0.232 e. The Morgan fingerprint density at radius 1 is 1.10 bits per heavy atom. The second-order valence-electron chi connectivity index (χ2n) is 6.43. The summed E-state index contributed by atoms with van der Waals surface area (Å²) in [6.07, 6.45) is 6.32. The van der Waals surface area contributed by atoms with E-state index in [-0.39, 0.29) is 29.7 Å². The molecule has 0 spiro atoms. The number of likely N-dealkylation sites (tertiary alicyclic amines) is 1. The van der Waals surface area contributed by atoms with E-state index in [2.05, 4.69) is 12.2 Å². The minimum Gasteiger partial charge on any atom is -0.312 e. The van der Waals surface area contributed by atoms with Crippen LogP contribution in [0.15, 0.2) is 0 Å². The van der Waals surface area contributed by atoms with E-state index in [4.69, 9.17) is 0 Å². The van der Waals surface area contributed by atoms with Crippen LogP contribution in [0, 0.1) is 17.8 Å². The standard InChI is InChI=1S/C16H28N2O2/c1-4-17-14(13-8-6-5-7-9-13)10-18-15(19)11(2)12(3)16(18)20/h11-14,17H,4-10H2,1-3H3. The van der Waals surface area contributed by atoms with Gasteiger partial charge in [0.1, 0.15) is 0 Å². The molecule has 4 nitrogen and oxygen atoms in total. The van der Waals surface area contributed by atoms with Crippen LogP contribution in [0.2, 0.25) is 0 Å². The lowest BCUT2D eigenvalue weighted by atomic mass is 9.83. The Kier molecular flexibility index (Phi) is 5.19. The van der Waals surface area contributed by atoms with Crippen LogP contribution < -0.4 is 5.32 Å². The molecule has 1 saturated heterocycles. The highest BCUT2D eigenvalue weighted by Crippen LogP contribution is 2.30. The number of amides is 2. The van der Waals surface area contributed by atoms with E-state index in [1.807, 2.05) is 13.8 Å². The van der Waals surface area contributed by atoms with Crippen molar-refractivity contribution in [1.82, 2.24) is 10.2 Å². The van der Waals surface area contributed by atoms with Gasteiger partial charge in [-0.3, -0.25) is 14.5 Å². The molecule has 2 amide bonds. The van der Waals surface area contributed by atoms with Gasteiger partial charge in [0, 0.05) is 24.4 Å². The summed E-state index contributed by atoms with van der Waals surface area (Å²) in [7, 11) is 0. The number of rotatable bonds is 5. The van der Waals surface area contributed by atoms with Crippen molar-refractivity contribution >= 4 is 11.8 Å². The van der Waals surface area contributed by atoms with Crippen molar-refractivity contribution in [2.45, 2.75) is 58.9 Å². The first-order valence-electron chi connectivity index (χ1n) is 8.14. The quantitative estimate of drug-likeness (QED) is 0.785. The topological polar surface area (TPSA) is 49.4 Å². The van der Waals surface area contributed by atoms with Crippen LogP contribution in [-0.4, -0.2) is 35.8 Å². The lowest BCUT2D eigenvalue weighted by Crippen LogP contribution is -2.48. The summed E-state index contributed by atoms with van der Waals surface area (Å²) in [6.45, 7) is 7.28. The van der Waals surface area contributed by atoms with Crippen molar-refractivity contribution in [2.75, 3.05) is 13.1 Å². The van der Waals surface area contributed by atoms with Gasteiger partial charge >= 0.3 is 0 Å². The molecular formula is C16H28N2O2. The van der Waals surface area contributed by atoms with Crippen LogP contribution in [0.3, 0.4) is 0 Å². The highest BCUT2D eigenvalue weighted by molar-refractivity contribution is 6.04. The van der Waals surface area contributed by atoms with Gasteiger partial charge in [0.25, 0.3) is 0 Å². The average Bonchev–Trinajstić information content (AvgIpc) is 2.65. The van der Waals surface area contributed by atoms with Gasteiger partial charge in [0.05, 0.1) is 0 Å². The van der Waals surface area contributed by atoms with Gasteiger partial charge in [0.2, 0.25) is 11.8 Å². The van der Waals surface area contributed by atoms with Crippen molar-refractivity contribution in [3.05, 3.63) is 0 Å². The minimum absolute atomic E-state index is 0.0150. The Labute approximate surface area is 122 Å². The molecule has 3 atom stereocenters. The summed E-state index contributed by atoms with van der Waals surface area (Å²) in [4.78, 5) is 26.0. The van der Waals surface area contributed by atoms with Gasteiger partial charge in [-0.15, -0.1) is 0 Å². The van der Waals surface area contributed by atoms with Gasteiger partial charge in [-0.2, -0.15) is 0 Å². The summed E-state index contributed by atoms with van der Waals surface area (Å²) in [5.74, 6) is 0.324. The summed E-state index contributed by atoms with van der Waals surface area (Å²) in [6, 6.07) is 0.269. The van der Waals surface area contributed by atoms with Crippen LogP contribution in [0.1, 0.15) is 52.9 Å². The Balaban J connectivity index is 2.03. The van der Waals surface area contributed by atoms with Crippen molar-refractivity contribution < 1.29 is 9.59 Å². The molecule has 20 heavy (non-hydrogen) atoms. The van der Waals surface area contributed by atoms with Crippen molar-refractivity contribution in [3.63, 3.8) is 0 Å². The molecule has 1 saturated carbocycles. The van der Waals surface area contributed by atoms with Gasteiger partial charge in [0.15, 0.2) is 0 Å². The molecule has 0 aromatic heterocycles. The predicted molar refractivity (Wildman–Crippen MR) is 79.1 cm³/mol. The van der Waals surface area contributed by atoms with E-state index in [1.54, 1.807) is 0 Å². The van der Waals surface area contributed by atoms with Crippen LogP contribution in [0.4, 0.5) is 0 Å². The van der Waals surface area contributed by atoms with E-state index >= 15 is 0 Å². The molecule has 1 N–H and O–H groups in total. The zero-order valence-corrected chi connectivity index (χ0v) is 13.0. The molecule has 4 heteroatoms. The number of hydrogen-bond donors (Lipinski definition) is 1. The van der Waals surface area contributed by atoms with Crippen LogP contribution >= 0.6 is 0 Å². The largest absolute Gasteiger partial charge is 0.312 e. The van der Waals surface area contributed by atoms with E-state index in [0.29, 0.717) is 12.5 Å². The Bertz CT molecular complexity index is 343. The maximum atomic E-state index is 12.2. The third kappa shape index (κ3) is 3.05. The highest BCUT2D eigenvalue weighted by atomic mass is 16.2. The summed E-state index contributed by atoms with van der Waals surface area (Å²) < 4.78 is 0. The molecule has 1 heterocycles. The fourth-order valence-electron chi connectivity index (χ4n) is 3.58. The fraction of sp³-hybridized carbons (Fsp3) is 0.875. The van der Waals surface area contributed by atoms with Crippen LogP contribution in [0.5, 0.6) is 0 Å². The molecule has 1 aliphatic carbocycles. The predicted octanol–water partition coefficient (Wildman–Crippen LogP) is 2.19. The summed E-state index contributed by atoms with van der Waals surface area (Å²) in [5.41, 5.74) is 0. The molecular weight excluding hydrogens is 252 g/mol. The van der Waals surface area contributed by atoms with Crippen molar-refractivity contribution in [2.24, 2.45) is 17.8 Å². The fourth-order valence-corrected chi connectivity index (χ4v) is 3.58. The molecule has 2 rings (SSSR count). The first kappa shape index (κ1) is 15.5. The number of nitrogens with one attached hydrogen (secondary N) is 1. The SMILES string of the molecule is CCNC(CN1C(=O)C(C)C(C)C1=O)C1CCCCC1. The molecule has 0 radical (unpaired) electrons. The number of imide groups is 1. The Morgan fingerprint density at radius 2 is 1.65 bits per heavy atom. The molecule has 0 bridgehead atoms. The normalized spacial score (nSPS) is 30.1.